The van der Waals surface area contributed by atoms with Crippen molar-refractivity contribution in [2.24, 2.45) is 7.05 Å². The first kappa shape index (κ1) is 21.2. The van der Waals surface area contributed by atoms with Gasteiger partial charge >= 0.3 is 12.1 Å². The number of aromatic nitrogens is 2. The Kier molecular flexibility index (Phi) is 5.37. The summed E-state index contributed by atoms with van der Waals surface area (Å²) in [6.45, 7) is 1.61. The molecule has 1 aromatic carbocycles. The average molecular weight is 431 g/mol. The van der Waals surface area contributed by atoms with Crippen molar-refractivity contribution in [3.63, 3.8) is 0 Å². The molecular formula is C18H20F3N3O4S. The van der Waals surface area contributed by atoms with Gasteiger partial charge in [0.1, 0.15) is 6.04 Å². The third-order valence-electron chi connectivity index (χ3n) is 5.07. The summed E-state index contributed by atoms with van der Waals surface area (Å²) in [5.41, 5.74) is -0.445. The van der Waals surface area contributed by atoms with Crippen LogP contribution in [0.25, 0.3) is 0 Å². The minimum Gasteiger partial charge on any atom is -0.467 e. The summed E-state index contributed by atoms with van der Waals surface area (Å²) in [5, 5.41) is 3.04. The third-order valence-corrected chi connectivity index (χ3v) is 7.26. The Hall–Kier alpha value is -2.56. The third kappa shape index (κ3) is 3.83. The second-order valence-electron chi connectivity index (χ2n) is 6.86. The van der Waals surface area contributed by atoms with Crippen LogP contribution in [0, 0.1) is 6.92 Å². The number of aryl methyl sites for hydroxylation is 2. The van der Waals surface area contributed by atoms with Gasteiger partial charge in [-0.05, 0) is 25.5 Å². The predicted octanol–water partition coefficient (Wildman–Crippen LogP) is 2.34. The van der Waals surface area contributed by atoms with Gasteiger partial charge in [0.2, 0.25) is 0 Å². The summed E-state index contributed by atoms with van der Waals surface area (Å²) < 4.78 is 72.6. The van der Waals surface area contributed by atoms with Crippen LogP contribution in [-0.2, 0) is 32.6 Å². The molecular weight excluding hydrogens is 411 g/mol. The first-order chi connectivity index (χ1) is 13.5. The molecule has 2 atom stereocenters. The summed E-state index contributed by atoms with van der Waals surface area (Å²) in [6.07, 6.45) is -5.02. The molecule has 0 amide bonds. The molecule has 158 valence electrons. The number of carbonyl (C=O) groups is 1. The number of hydrogen-bond donors (Lipinski definition) is 0. The Labute approximate surface area is 166 Å². The van der Waals surface area contributed by atoms with Gasteiger partial charge in [-0.25, -0.2) is 13.2 Å². The van der Waals surface area contributed by atoms with Crippen LogP contribution in [0.4, 0.5) is 19.0 Å². The standard InChI is InChI=1S/C18H20F3N3O4S/c1-11-8-16(22-23(11)2)24-10-12(9-14(24)17(25)28-3)29(26,27)15-7-5-4-6-13(15)18(19,20)21/h4-8,12,14H,9-10H2,1-3H3/t12-,14+/m1/s1. The number of anilines is 1. The summed E-state index contributed by atoms with van der Waals surface area (Å²) in [5.74, 6) is -0.308. The Morgan fingerprint density at radius 1 is 1.28 bits per heavy atom. The number of esters is 1. The number of ether oxygens (including phenoxy) is 1. The number of benzene rings is 1. The molecule has 0 radical (unpaired) electrons. The number of hydrogen-bond acceptors (Lipinski definition) is 6. The van der Waals surface area contributed by atoms with Crippen LogP contribution in [0.2, 0.25) is 0 Å². The van der Waals surface area contributed by atoms with Crippen molar-refractivity contribution in [3.8, 4) is 0 Å². The smallest absolute Gasteiger partial charge is 0.417 e. The predicted molar refractivity (Wildman–Crippen MR) is 98.1 cm³/mol. The largest absolute Gasteiger partial charge is 0.467 e. The number of nitrogens with zero attached hydrogens (tertiary/aromatic N) is 3. The van der Waals surface area contributed by atoms with Crippen molar-refractivity contribution in [1.29, 1.82) is 0 Å². The van der Waals surface area contributed by atoms with E-state index in [9.17, 15) is 26.4 Å². The summed E-state index contributed by atoms with van der Waals surface area (Å²) in [6, 6.07) is 4.77. The molecule has 0 N–H and O–H groups in total. The van der Waals surface area contributed by atoms with Crippen molar-refractivity contribution < 1.29 is 31.1 Å². The fourth-order valence-electron chi connectivity index (χ4n) is 3.45. The van der Waals surface area contributed by atoms with Crippen molar-refractivity contribution in [3.05, 3.63) is 41.6 Å². The lowest BCUT2D eigenvalue weighted by Crippen LogP contribution is -2.37. The molecule has 7 nitrogen and oxygen atoms in total. The topological polar surface area (TPSA) is 81.5 Å². The van der Waals surface area contributed by atoms with Gasteiger partial charge in [-0.1, -0.05) is 12.1 Å². The van der Waals surface area contributed by atoms with Crippen LogP contribution < -0.4 is 4.90 Å². The lowest BCUT2D eigenvalue weighted by atomic mass is 10.2. The molecule has 29 heavy (non-hydrogen) atoms. The molecule has 0 saturated carbocycles. The van der Waals surface area contributed by atoms with Crippen molar-refractivity contribution >= 4 is 21.6 Å². The van der Waals surface area contributed by atoms with Gasteiger partial charge < -0.3 is 9.64 Å². The molecule has 1 aliphatic heterocycles. The lowest BCUT2D eigenvalue weighted by Gasteiger charge is -2.21. The highest BCUT2D eigenvalue weighted by Crippen LogP contribution is 2.38. The SMILES string of the molecule is COC(=O)[C@@H]1C[C@@H](S(=O)(=O)c2ccccc2C(F)(F)F)CN1c1cc(C)n(C)n1. The van der Waals surface area contributed by atoms with Gasteiger partial charge in [0.05, 0.1) is 22.8 Å². The van der Waals surface area contributed by atoms with E-state index in [0.29, 0.717) is 5.82 Å². The average Bonchev–Trinajstić information content (AvgIpc) is 3.25. The van der Waals surface area contributed by atoms with Crippen molar-refractivity contribution in [2.45, 2.75) is 35.7 Å². The molecule has 2 aromatic rings. The van der Waals surface area contributed by atoms with Crippen LogP contribution in [0.1, 0.15) is 17.7 Å². The van der Waals surface area contributed by atoms with Gasteiger partial charge in [0, 0.05) is 25.4 Å². The highest BCUT2D eigenvalue weighted by atomic mass is 32.2. The van der Waals surface area contributed by atoms with Gasteiger partial charge in [0.15, 0.2) is 15.7 Å². The summed E-state index contributed by atoms with van der Waals surface area (Å²) in [4.78, 5) is 12.9. The van der Waals surface area contributed by atoms with Gasteiger partial charge in [0.25, 0.3) is 0 Å². The maximum absolute atomic E-state index is 13.4. The number of carbonyl (C=O) groups excluding carboxylic acids is 1. The molecule has 0 aliphatic carbocycles. The van der Waals surface area contributed by atoms with Crippen molar-refractivity contribution in [1.82, 2.24) is 9.78 Å². The van der Waals surface area contributed by atoms with Crippen LogP contribution in [-0.4, -0.2) is 49.1 Å². The quantitative estimate of drug-likeness (QED) is 0.692. The molecule has 0 bridgehead atoms. The van der Waals surface area contributed by atoms with Gasteiger partial charge in [-0.3, -0.25) is 4.68 Å². The molecule has 1 fully saturated rings. The highest BCUT2D eigenvalue weighted by Gasteiger charge is 2.47. The number of rotatable bonds is 4. The zero-order chi connectivity index (χ0) is 21.6. The van der Waals surface area contributed by atoms with E-state index in [2.05, 4.69) is 5.10 Å². The van der Waals surface area contributed by atoms with Crippen LogP contribution in [0.5, 0.6) is 0 Å². The molecule has 3 rings (SSSR count). The molecule has 2 heterocycles. The summed E-state index contributed by atoms with van der Waals surface area (Å²) >= 11 is 0. The maximum Gasteiger partial charge on any atom is 0.417 e. The monoisotopic (exact) mass is 431 g/mol. The zero-order valence-electron chi connectivity index (χ0n) is 16.0. The van der Waals surface area contributed by atoms with Crippen molar-refractivity contribution in [2.75, 3.05) is 18.6 Å². The Morgan fingerprint density at radius 2 is 1.93 bits per heavy atom. The second kappa shape index (κ2) is 7.36. The Bertz CT molecular complexity index is 1010. The molecule has 1 aliphatic rings. The van der Waals surface area contributed by atoms with E-state index in [4.69, 9.17) is 4.74 Å². The van der Waals surface area contributed by atoms with E-state index in [-0.39, 0.29) is 13.0 Å². The first-order valence-electron chi connectivity index (χ1n) is 8.72. The van der Waals surface area contributed by atoms with Crippen LogP contribution >= 0.6 is 0 Å². The first-order valence-corrected chi connectivity index (χ1v) is 10.3. The van der Waals surface area contributed by atoms with E-state index in [1.54, 1.807) is 24.7 Å². The molecule has 1 aromatic heterocycles. The number of alkyl halides is 3. The number of methoxy groups -OCH3 is 1. The second-order valence-corrected chi connectivity index (χ2v) is 9.05. The minimum atomic E-state index is -4.82. The van der Waals surface area contributed by atoms with Gasteiger partial charge in [-0.2, -0.15) is 18.3 Å². The van der Waals surface area contributed by atoms with Gasteiger partial charge in [-0.15, -0.1) is 0 Å². The maximum atomic E-state index is 13.4. The number of sulfone groups is 1. The van der Waals surface area contributed by atoms with E-state index >= 15 is 0 Å². The summed E-state index contributed by atoms with van der Waals surface area (Å²) in [7, 11) is -1.51. The highest BCUT2D eigenvalue weighted by molar-refractivity contribution is 7.92. The fourth-order valence-corrected chi connectivity index (χ4v) is 5.36. The molecule has 0 unspecified atom stereocenters. The van der Waals surface area contributed by atoms with Crippen LogP contribution in [0.15, 0.2) is 35.2 Å². The van der Waals surface area contributed by atoms with E-state index in [0.717, 1.165) is 23.9 Å². The molecule has 11 heteroatoms. The lowest BCUT2D eigenvalue weighted by molar-refractivity contribution is -0.142. The van der Waals surface area contributed by atoms with E-state index in [1.165, 1.54) is 18.1 Å². The normalized spacial score (nSPS) is 20.1. The number of halogens is 3. The minimum absolute atomic E-state index is 0.176. The van der Waals surface area contributed by atoms with Crippen LogP contribution in [0.3, 0.4) is 0 Å². The van der Waals surface area contributed by atoms with E-state index < -0.39 is 43.7 Å². The van der Waals surface area contributed by atoms with E-state index in [1.807, 2.05) is 0 Å². The molecule has 0 spiro atoms. The Balaban J connectivity index is 2.03. The zero-order valence-corrected chi connectivity index (χ0v) is 16.8. The Morgan fingerprint density at radius 3 is 2.48 bits per heavy atom. The fraction of sp³-hybridized carbons (Fsp3) is 0.444. The molecule has 1 saturated heterocycles.